The van der Waals surface area contributed by atoms with Crippen molar-refractivity contribution in [2.24, 2.45) is 0 Å². The highest BCUT2D eigenvalue weighted by Gasteiger charge is 2.18. The number of anilines is 1. The summed E-state index contributed by atoms with van der Waals surface area (Å²) in [5, 5.41) is 0.710. The number of nitrogens with two attached hydrogens (primary N) is 1. The van der Waals surface area contributed by atoms with Crippen LogP contribution in [0, 0.1) is 0 Å². The number of benzene rings is 1. The van der Waals surface area contributed by atoms with Crippen LogP contribution in [0.4, 0.5) is 5.69 Å². The third-order valence-corrected chi connectivity index (χ3v) is 2.56. The Morgan fingerprint density at radius 1 is 1.38 bits per heavy atom. The molecular formula is C10H12ClNO. The number of halogens is 1. The van der Waals surface area contributed by atoms with E-state index >= 15 is 0 Å². The molecule has 2 nitrogen and oxygen atoms in total. The Morgan fingerprint density at radius 3 is 2.85 bits per heavy atom. The molecule has 0 unspecified atom stereocenters. The third kappa shape index (κ3) is 1.95. The fourth-order valence-corrected chi connectivity index (χ4v) is 1.92. The van der Waals surface area contributed by atoms with Gasteiger partial charge in [-0.2, -0.15) is 0 Å². The molecule has 0 bridgehead atoms. The second-order valence-electron chi connectivity index (χ2n) is 3.38. The zero-order valence-corrected chi connectivity index (χ0v) is 8.05. The summed E-state index contributed by atoms with van der Waals surface area (Å²) in [6.07, 6.45) is 1.07. The highest BCUT2D eigenvalue weighted by Crippen LogP contribution is 2.28. The predicted molar refractivity (Wildman–Crippen MR) is 54.0 cm³/mol. The normalized spacial score (nSPS) is 22.1. The maximum Gasteiger partial charge on any atom is 0.0535 e. The molecule has 70 valence electrons. The molecule has 0 saturated carbocycles. The minimum Gasteiger partial charge on any atom is -0.399 e. The average Bonchev–Trinajstić information content (AvgIpc) is 2.53. The number of nitrogen functional groups attached to an aromatic ring is 1. The Kier molecular flexibility index (Phi) is 2.42. The first kappa shape index (κ1) is 8.85. The lowest BCUT2D eigenvalue weighted by atomic mass is 9.98. The van der Waals surface area contributed by atoms with Gasteiger partial charge >= 0.3 is 0 Å². The van der Waals surface area contributed by atoms with Gasteiger partial charge in [-0.1, -0.05) is 11.6 Å². The average molecular weight is 198 g/mol. The third-order valence-electron chi connectivity index (χ3n) is 2.34. The van der Waals surface area contributed by atoms with Gasteiger partial charge in [-0.25, -0.2) is 0 Å². The first-order valence-corrected chi connectivity index (χ1v) is 4.77. The van der Waals surface area contributed by atoms with Crippen LogP contribution in [0.1, 0.15) is 17.9 Å². The second kappa shape index (κ2) is 3.56. The van der Waals surface area contributed by atoms with Crippen LogP contribution in [0.25, 0.3) is 0 Å². The van der Waals surface area contributed by atoms with Crippen molar-refractivity contribution in [2.45, 2.75) is 12.3 Å². The highest BCUT2D eigenvalue weighted by molar-refractivity contribution is 6.30. The lowest BCUT2D eigenvalue weighted by Gasteiger charge is -2.09. The molecule has 1 heterocycles. The smallest absolute Gasteiger partial charge is 0.0535 e. The zero-order valence-electron chi connectivity index (χ0n) is 7.29. The van der Waals surface area contributed by atoms with E-state index in [1.165, 1.54) is 5.56 Å². The van der Waals surface area contributed by atoms with Crippen molar-refractivity contribution < 1.29 is 4.74 Å². The van der Waals surface area contributed by atoms with Crippen LogP contribution < -0.4 is 5.73 Å². The molecule has 1 atom stereocenters. The molecule has 1 aliphatic rings. The standard InChI is InChI=1S/C10H12ClNO/c11-9-3-8(4-10(12)5-9)7-1-2-13-6-7/h3-5,7H,1-2,6,12H2/t7-/m1/s1. The molecule has 1 saturated heterocycles. The molecule has 0 radical (unpaired) electrons. The van der Waals surface area contributed by atoms with Crippen LogP contribution in [0.3, 0.4) is 0 Å². The second-order valence-corrected chi connectivity index (χ2v) is 3.81. The van der Waals surface area contributed by atoms with Gasteiger partial charge in [0.15, 0.2) is 0 Å². The number of hydrogen-bond acceptors (Lipinski definition) is 2. The molecule has 0 aliphatic carbocycles. The molecule has 1 aromatic rings. The summed E-state index contributed by atoms with van der Waals surface area (Å²) in [5.74, 6) is 0.473. The molecule has 0 aromatic heterocycles. The molecule has 1 aliphatic heterocycles. The molecule has 2 rings (SSSR count). The zero-order chi connectivity index (χ0) is 9.26. The minimum atomic E-state index is 0.473. The van der Waals surface area contributed by atoms with Crippen molar-refractivity contribution in [1.82, 2.24) is 0 Å². The summed E-state index contributed by atoms with van der Waals surface area (Å²) in [7, 11) is 0. The Balaban J connectivity index is 2.28. The summed E-state index contributed by atoms with van der Waals surface area (Å²) in [6, 6.07) is 5.71. The Labute approximate surface area is 82.6 Å². The van der Waals surface area contributed by atoms with E-state index in [4.69, 9.17) is 22.1 Å². The van der Waals surface area contributed by atoms with Gasteiger partial charge in [-0.15, -0.1) is 0 Å². The van der Waals surface area contributed by atoms with Gasteiger partial charge in [0.1, 0.15) is 0 Å². The molecule has 1 aromatic carbocycles. The van der Waals surface area contributed by atoms with Crippen LogP contribution in [0.5, 0.6) is 0 Å². The lowest BCUT2D eigenvalue weighted by molar-refractivity contribution is 0.194. The van der Waals surface area contributed by atoms with Gasteiger partial charge < -0.3 is 10.5 Å². The van der Waals surface area contributed by atoms with Crippen molar-refractivity contribution >= 4 is 17.3 Å². The Hall–Kier alpha value is -0.730. The number of ether oxygens (including phenoxy) is 1. The highest BCUT2D eigenvalue weighted by atomic mass is 35.5. The molecule has 1 fully saturated rings. The van der Waals surface area contributed by atoms with E-state index in [1.54, 1.807) is 6.07 Å². The van der Waals surface area contributed by atoms with Crippen LogP contribution in [0.2, 0.25) is 5.02 Å². The predicted octanol–water partition coefficient (Wildman–Crippen LogP) is 2.43. The summed E-state index contributed by atoms with van der Waals surface area (Å²) >= 11 is 5.91. The van der Waals surface area contributed by atoms with Gasteiger partial charge in [0, 0.05) is 23.2 Å². The van der Waals surface area contributed by atoms with E-state index in [1.807, 2.05) is 12.1 Å². The fourth-order valence-electron chi connectivity index (χ4n) is 1.67. The fraction of sp³-hybridized carbons (Fsp3) is 0.400. The van der Waals surface area contributed by atoms with E-state index in [0.29, 0.717) is 10.9 Å². The van der Waals surface area contributed by atoms with Crippen molar-refractivity contribution in [3.8, 4) is 0 Å². The van der Waals surface area contributed by atoms with E-state index in [0.717, 1.165) is 25.3 Å². The van der Waals surface area contributed by atoms with Crippen LogP contribution >= 0.6 is 11.6 Å². The van der Waals surface area contributed by atoms with Gasteiger partial charge in [0.2, 0.25) is 0 Å². The summed E-state index contributed by atoms with van der Waals surface area (Å²) in [6.45, 7) is 1.64. The molecule has 3 heteroatoms. The topological polar surface area (TPSA) is 35.2 Å². The summed E-state index contributed by atoms with van der Waals surface area (Å²) < 4.78 is 5.31. The Morgan fingerprint density at radius 2 is 2.23 bits per heavy atom. The monoisotopic (exact) mass is 197 g/mol. The first-order valence-electron chi connectivity index (χ1n) is 4.39. The SMILES string of the molecule is Nc1cc(Cl)cc([C@@H]2CCOC2)c1. The molecule has 13 heavy (non-hydrogen) atoms. The van der Waals surface area contributed by atoms with Crippen LogP contribution in [-0.4, -0.2) is 13.2 Å². The van der Waals surface area contributed by atoms with E-state index in [2.05, 4.69) is 0 Å². The molecule has 0 amide bonds. The first-order chi connectivity index (χ1) is 6.25. The van der Waals surface area contributed by atoms with Gasteiger partial charge in [-0.3, -0.25) is 0 Å². The van der Waals surface area contributed by atoms with Gasteiger partial charge in [0.05, 0.1) is 6.61 Å². The van der Waals surface area contributed by atoms with Crippen molar-refractivity contribution in [3.05, 3.63) is 28.8 Å². The number of rotatable bonds is 1. The van der Waals surface area contributed by atoms with Crippen molar-refractivity contribution in [1.29, 1.82) is 0 Å². The summed E-state index contributed by atoms with van der Waals surface area (Å²) in [5.41, 5.74) is 7.63. The van der Waals surface area contributed by atoms with E-state index in [-0.39, 0.29) is 0 Å². The maximum absolute atomic E-state index is 5.91. The molecule has 0 spiro atoms. The number of hydrogen-bond donors (Lipinski definition) is 1. The van der Waals surface area contributed by atoms with Gasteiger partial charge in [-0.05, 0) is 30.2 Å². The minimum absolute atomic E-state index is 0.473. The molecule has 2 N–H and O–H groups in total. The maximum atomic E-state index is 5.91. The lowest BCUT2D eigenvalue weighted by Crippen LogP contribution is -1.98. The van der Waals surface area contributed by atoms with Gasteiger partial charge in [0.25, 0.3) is 0 Å². The van der Waals surface area contributed by atoms with Crippen molar-refractivity contribution in [2.75, 3.05) is 18.9 Å². The summed E-state index contributed by atoms with van der Waals surface area (Å²) in [4.78, 5) is 0. The Bertz CT molecular complexity index is 288. The largest absolute Gasteiger partial charge is 0.399 e. The quantitative estimate of drug-likeness (QED) is 0.702. The van der Waals surface area contributed by atoms with Crippen LogP contribution in [0.15, 0.2) is 18.2 Å². The van der Waals surface area contributed by atoms with E-state index in [9.17, 15) is 0 Å². The van der Waals surface area contributed by atoms with Crippen molar-refractivity contribution in [3.63, 3.8) is 0 Å². The van der Waals surface area contributed by atoms with Crippen LogP contribution in [-0.2, 0) is 4.74 Å². The molecular weight excluding hydrogens is 186 g/mol. The van der Waals surface area contributed by atoms with E-state index < -0.39 is 0 Å².